The summed E-state index contributed by atoms with van der Waals surface area (Å²) >= 11 is 0. The minimum atomic E-state index is 0.533. The molecule has 16 heavy (non-hydrogen) atoms. The molecule has 0 fully saturated rings. The SMILES string of the molecule is CCCCNC(N)=NCCCOCCOC. The highest BCUT2D eigenvalue weighted by atomic mass is 16.5. The van der Waals surface area contributed by atoms with Gasteiger partial charge in [-0.15, -0.1) is 0 Å². The van der Waals surface area contributed by atoms with Crippen LogP contribution in [0.2, 0.25) is 0 Å². The second-order valence-electron chi connectivity index (χ2n) is 3.51. The van der Waals surface area contributed by atoms with Crippen molar-refractivity contribution in [2.45, 2.75) is 26.2 Å². The van der Waals surface area contributed by atoms with Crippen molar-refractivity contribution in [2.75, 3.05) is 40.0 Å². The first kappa shape index (κ1) is 15.2. The molecule has 0 saturated heterocycles. The van der Waals surface area contributed by atoms with E-state index in [2.05, 4.69) is 17.2 Å². The van der Waals surface area contributed by atoms with Crippen LogP contribution in [-0.4, -0.2) is 46.0 Å². The van der Waals surface area contributed by atoms with E-state index in [0.717, 1.165) is 25.8 Å². The normalized spacial score (nSPS) is 11.8. The van der Waals surface area contributed by atoms with Gasteiger partial charge in [-0.1, -0.05) is 13.3 Å². The highest BCUT2D eigenvalue weighted by molar-refractivity contribution is 5.77. The zero-order chi connectivity index (χ0) is 12.1. The van der Waals surface area contributed by atoms with Gasteiger partial charge < -0.3 is 20.5 Å². The van der Waals surface area contributed by atoms with Crippen molar-refractivity contribution >= 4 is 5.96 Å². The van der Waals surface area contributed by atoms with Gasteiger partial charge >= 0.3 is 0 Å². The Hall–Kier alpha value is -0.810. The highest BCUT2D eigenvalue weighted by Gasteiger charge is 1.91. The van der Waals surface area contributed by atoms with E-state index < -0.39 is 0 Å². The second-order valence-corrected chi connectivity index (χ2v) is 3.51. The van der Waals surface area contributed by atoms with Gasteiger partial charge in [-0.05, 0) is 12.8 Å². The van der Waals surface area contributed by atoms with Crippen LogP contribution in [0.4, 0.5) is 0 Å². The zero-order valence-electron chi connectivity index (χ0n) is 10.5. The maximum absolute atomic E-state index is 5.65. The molecule has 0 heterocycles. The van der Waals surface area contributed by atoms with Gasteiger partial charge in [-0.2, -0.15) is 0 Å². The molecule has 0 spiro atoms. The lowest BCUT2D eigenvalue weighted by atomic mass is 10.3. The quantitative estimate of drug-likeness (QED) is 0.330. The molecule has 0 rings (SSSR count). The number of methoxy groups -OCH3 is 1. The van der Waals surface area contributed by atoms with E-state index in [1.807, 2.05) is 0 Å². The highest BCUT2D eigenvalue weighted by Crippen LogP contribution is 1.85. The Morgan fingerprint density at radius 3 is 2.75 bits per heavy atom. The second kappa shape index (κ2) is 12.3. The van der Waals surface area contributed by atoms with Crippen LogP contribution in [0.3, 0.4) is 0 Å². The molecule has 5 nitrogen and oxygen atoms in total. The zero-order valence-corrected chi connectivity index (χ0v) is 10.5. The van der Waals surface area contributed by atoms with Crippen LogP contribution in [0.15, 0.2) is 4.99 Å². The van der Waals surface area contributed by atoms with Crippen molar-refractivity contribution in [3.05, 3.63) is 0 Å². The summed E-state index contributed by atoms with van der Waals surface area (Å²) in [6.07, 6.45) is 3.17. The van der Waals surface area contributed by atoms with Crippen molar-refractivity contribution < 1.29 is 9.47 Å². The molecule has 0 atom stereocenters. The van der Waals surface area contributed by atoms with Crippen LogP contribution >= 0.6 is 0 Å². The van der Waals surface area contributed by atoms with E-state index in [1.54, 1.807) is 7.11 Å². The van der Waals surface area contributed by atoms with Crippen LogP contribution in [0.25, 0.3) is 0 Å². The van der Waals surface area contributed by atoms with E-state index in [1.165, 1.54) is 0 Å². The number of rotatable bonds is 10. The molecule has 0 saturated carbocycles. The lowest BCUT2D eigenvalue weighted by Gasteiger charge is -2.04. The number of guanidine groups is 1. The van der Waals surface area contributed by atoms with Crippen LogP contribution < -0.4 is 11.1 Å². The largest absolute Gasteiger partial charge is 0.382 e. The standard InChI is InChI=1S/C11H25N3O2/c1-3-4-6-13-11(12)14-7-5-8-16-10-9-15-2/h3-10H2,1-2H3,(H3,12,13,14). The number of hydrogen-bond donors (Lipinski definition) is 2. The summed E-state index contributed by atoms with van der Waals surface area (Å²) in [6.45, 7) is 5.74. The molecule has 0 radical (unpaired) electrons. The number of aliphatic imine (C=N–C) groups is 1. The van der Waals surface area contributed by atoms with Crippen molar-refractivity contribution in [3.63, 3.8) is 0 Å². The fourth-order valence-corrected chi connectivity index (χ4v) is 1.06. The summed E-state index contributed by atoms with van der Waals surface area (Å²) in [7, 11) is 1.66. The van der Waals surface area contributed by atoms with Gasteiger partial charge in [0.05, 0.1) is 13.2 Å². The molecule has 0 unspecified atom stereocenters. The Labute approximate surface area is 98.4 Å². The van der Waals surface area contributed by atoms with E-state index >= 15 is 0 Å². The Balaban J connectivity index is 3.23. The number of unbranched alkanes of at least 4 members (excludes halogenated alkanes) is 1. The molecular weight excluding hydrogens is 206 g/mol. The summed E-state index contributed by atoms with van der Waals surface area (Å²) in [5, 5.41) is 3.06. The molecule has 0 aromatic carbocycles. The fourth-order valence-electron chi connectivity index (χ4n) is 1.06. The predicted octanol–water partition coefficient (Wildman–Crippen LogP) is 0.744. The van der Waals surface area contributed by atoms with Gasteiger partial charge in [0.25, 0.3) is 0 Å². The summed E-state index contributed by atoms with van der Waals surface area (Å²) < 4.78 is 10.2. The third-order valence-electron chi connectivity index (χ3n) is 2.00. The number of hydrogen-bond acceptors (Lipinski definition) is 3. The molecule has 0 amide bonds. The van der Waals surface area contributed by atoms with Gasteiger partial charge in [-0.3, -0.25) is 4.99 Å². The van der Waals surface area contributed by atoms with Crippen molar-refractivity contribution in [2.24, 2.45) is 10.7 Å². The predicted molar refractivity (Wildman–Crippen MR) is 66.7 cm³/mol. The lowest BCUT2D eigenvalue weighted by molar-refractivity contribution is 0.0702. The van der Waals surface area contributed by atoms with Crippen LogP contribution in [0.5, 0.6) is 0 Å². The Morgan fingerprint density at radius 2 is 2.06 bits per heavy atom. The van der Waals surface area contributed by atoms with Crippen molar-refractivity contribution in [1.29, 1.82) is 0 Å². The Morgan fingerprint density at radius 1 is 1.25 bits per heavy atom. The number of nitrogens with zero attached hydrogens (tertiary/aromatic N) is 1. The number of nitrogens with one attached hydrogen (secondary N) is 1. The van der Waals surface area contributed by atoms with Gasteiger partial charge in [0.2, 0.25) is 0 Å². The summed E-state index contributed by atoms with van der Waals surface area (Å²) in [5.41, 5.74) is 5.65. The van der Waals surface area contributed by atoms with Crippen LogP contribution in [-0.2, 0) is 9.47 Å². The topological polar surface area (TPSA) is 68.9 Å². The molecule has 5 heteroatoms. The van der Waals surface area contributed by atoms with Crippen LogP contribution in [0, 0.1) is 0 Å². The number of nitrogens with two attached hydrogens (primary N) is 1. The molecule has 0 aromatic heterocycles. The molecule has 0 bridgehead atoms. The minimum absolute atomic E-state index is 0.533. The summed E-state index contributed by atoms with van der Waals surface area (Å²) in [4.78, 5) is 4.19. The van der Waals surface area contributed by atoms with Crippen LogP contribution in [0.1, 0.15) is 26.2 Å². The van der Waals surface area contributed by atoms with E-state index in [-0.39, 0.29) is 0 Å². The maximum Gasteiger partial charge on any atom is 0.188 e. The number of ether oxygens (including phenoxy) is 2. The molecular formula is C11H25N3O2. The molecule has 0 aliphatic carbocycles. The molecule has 0 aromatic rings. The maximum atomic E-state index is 5.65. The first-order valence-corrected chi connectivity index (χ1v) is 5.91. The third-order valence-corrected chi connectivity index (χ3v) is 2.00. The molecule has 0 aliphatic rings. The lowest BCUT2D eigenvalue weighted by Crippen LogP contribution is -2.32. The van der Waals surface area contributed by atoms with Gasteiger partial charge in [0.15, 0.2) is 5.96 Å². The fraction of sp³-hybridized carbons (Fsp3) is 0.909. The van der Waals surface area contributed by atoms with E-state index in [9.17, 15) is 0 Å². The first-order valence-electron chi connectivity index (χ1n) is 5.91. The first-order chi connectivity index (χ1) is 7.81. The smallest absolute Gasteiger partial charge is 0.188 e. The summed E-state index contributed by atoms with van der Waals surface area (Å²) in [5.74, 6) is 0.533. The Kier molecular flexibility index (Phi) is 11.6. The van der Waals surface area contributed by atoms with Gasteiger partial charge in [0.1, 0.15) is 0 Å². The van der Waals surface area contributed by atoms with Crippen molar-refractivity contribution in [3.8, 4) is 0 Å². The minimum Gasteiger partial charge on any atom is -0.382 e. The van der Waals surface area contributed by atoms with Gasteiger partial charge in [0, 0.05) is 26.8 Å². The monoisotopic (exact) mass is 231 g/mol. The van der Waals surface area contributed by atoms with Crippen molar-refractivity contribution in [1.82, 2.24) is 5.32 Å². The average Bonchev–Trinajstić information content (AvgIpc) is 2.28. The third kappa shape index (κ3) is 11.3. The molecule has 0 aliphatic heterocycles. The molecule has 3 N–H and O–H groups in total. The Bertz CT molecular complexity index is 175. The van der Waals surface area contributed by atoms with E-state index in [4.69, 9.17) is 15.2 Å². The van der Waals surface area contributed by atoms with E-state index in [0.29, 0.717) is 32.3 Å². The molecule has 96 valence electrons. The average molecular weight is 231 g/mol. The summed E-state index contributed by atoms with van der Waals surface area (Å²) in [6, 6.07) is 0. The van der Waals surface area contributed by atoms with Gasteiger partial charge in [-0.25, -0.2) is 0 Å².